The van der Waals surface area contributed by atoms with Crippen LogP contribution in [0.15, 0.2) is 42.5 Å². The fraction of sp³-hybridized carbons (Fsp3) is 0.333. The molecule has 0 unspecified atom stereocenters. The van der Waals surface area contributed by atoms with E-state index in [1.807, 2.05) is 30.3 Å². The van der Waals surface area contributed by atoms with E-state index in [9.17, 15) is 9.59 Å². The van der Waals surface area contributed by atoms with Crippen molar-refractivity contribution in [2.75, 3.05) is 25.0 Å². The molecule has 4 rings (SSSR count). The molecule has 0 aromatic heterocycles. The smallest absolute Gasteiger partial charge is 0.410 e. The second kappa shape index (κ2) is 7.30. The molecule has 146 valence electrons. The molecular formula is C21H20Cl2N2O3. The van der Waals surface area contributed by atoms with E-state index < -0.39 is 5.41 Å². The van der Waals surface area contributed by atoms with Gasteiger partial charge in [0.05, 0.1) is 11.1 Å². The summed E-state index contributed by atoms with van der Waals surface area (Å²) in [5, 5.41) is 1.00. The van der Waals surface area contributed by atoms with Gasteiger partial charge in [0.15, 0.2) is 0 Å². The molecule has 7 heteroatoms. The van der Waals surface area contributed by atoms with Crippen LogP contribution in [0.25, 0.3) is 0 Å². The molecule has 0 N–H and O–H groups in total. The highest BCUT2D eigenvalue weighted by Gasteiger charge is 2.52. The van der Waals surface area contributed by atoms with E-state index in [2.05, 4.69) is 0 Å². The van der Waals surface area contributed by atoms with Crippen molar-refractivity contribution in [2.45, 2.75) is 24.9 Å². The van der Waals surface area contributed by atoms with Gasteiger partial charge in [-0.25, -0.2) is 4.79 Å². The molecule has 0 saturated carbocycles. The van der Waals surface area contributed by atoms with E-state index >= 15 is 0 Å². The van der Waals surface area contributed by atoms with Gasteiger partial charge in [-0.15, -0.1) is 0 Å². The molecule has 2 amide bonds. The van der Waals surface area contributed by atoms with E-state index in [0.29, 0.717) is 36.0 Å². The Morgan fingerprint density at radius 2 is 1.82 bits per heavy atom. The topological polar surface area (TPSA) is 49.9 Å². The van der Waals surface area contributed by atoms with Crippen LogP contribution in [0.3, 0.4) is 0 Å². The first-order valence-electron chi connectivity index (χ1n) is 9.16. The standard InChI is InChI=1S/C21H20Cl2N2O3/c1-24-17-12-15(22)11-16(23)18(17)21(19(24)26)7-9-25(10-8-21)20(27)28-13-14-5-3-2-4-6-14/h2-6,11-12H,7-10,13H2,1H3. The predicted octanol–water partition coefficient (Wildman–Crippen LogP) is 4.64. The van der Waals surface area contributed by atoms with Gasteiger partial charge in [-0.1, -0.05) is 53.5 Å². The Morgan fingerprint density at radius 3 is 2.50 bits per heavy atom. The van der Waals surface area contributed by atoms with Crippen LogP contribution < -0.4 is 4.90 Å². The molecule has 5 nitrogen and oxygen atoms in total. The minimum atomic E-state index is -0.706. The van der Waals surface area contributed by atoms with Gasteiger partial charge in [-0.3, -0.25) is 4.79 Å². The van der Waals surface area contributed by atoms with E-state index in [0.717, 1.165) is 16.8 Å². The van der Waals surface area contributed by atoms with Crippen molar-refractivity contribution >= 4 is 40.9 Å². The van der Waals surface area contributed by atoms with E-state index in [1.165, 1.54) is 0 Å². The lowest BCUT2D eigenvalue weighted by atomic mass is 9.73. The Kier molecular flexibility index (Phi) is 4.98. The summed E-state index contributed by atoms with van der Waals surface area (Å²) >= 11 is 12.6. The summed E-state index contributed by atoms with van der Waals surface area (Å²) in [5.74, 6) is 0.00368. The molecule has 0 radical (unpaired) electrons. The highest BCUT2D eigenvalue weighted by Crippen LogP contribution is 2.51. The van der Waals surface area contributed by atoms with Crippen molar-refractivity contribution < 1.29 is 14.3 Å². The number of ether oxygens (including phenoxy) is 1. The Labute approximate surface area is 173 Å². The number of rotatable bonds is 2. The van der Waals surface area contributed by atoms with E-state index in [-0.39, 0.29) is 18.6 Å². The zero-order valence-corrected chi connectivity index (χ0v) is 17.0. The van der Waals surface area contributed by atoms with Crippen LogP contribution in [0.1, 0.15) is 24.0 Å². The first kappa shape index (κ1) is 19.1. The monoisotopic (exact) mass is 418 g/mol. The number of amides is 2. The number of hydrogen-bond acceptors (Lipinski definition) is 3. The molecule has 1 fully saturated rings. The highest BCUT2D eigenvalue weighted by molar-refractivity contribution is 6.37. The third kappa shape index (κ3) is 3.12. The molecule has 0 atom stereocenters. The summed E-state index contributed by atoms with van der Waals surface area (Å²) in [5.41, 5.74) is 1.81. The number of likely N-dealkylation sites (tertiary alicyclic amines) is 1. The molecule has 2 aliphatic heterocycles. The quantitative estimate of drug-likeness (QED) is 0.713. The Balaban J connectivity index is 1.48. The van der Waals surface area contributed by atoms with Crippen molar-refractivity contribution in [1.29, 1.82) is 0 Å². The summed E-state index contributed by atoms with van der Waals surface area (Å²) in [6, 6.07) is 13.0. The number of anilines is 1. The highest BCUT2D eigenvalue weighted by atomic mass is 35.5. The number of carbonyl (C=O) groups excluding carboxylic acids is 2. The molecule has 28 heavy (non-hydrogen) atoms. The summed E-state index contributed by atoms with van der Waals surface area (Å²) in [4.78, 5) is 28.8. The maximum Gasteiger partial charge on any atom is 0.410 e. The SMILES string of the molecule is CN1C(=O)C2(CCN(C(=O)OCc3ccccc3)CC2)c2c(Cl)cc(Cl)cc21. The maximum atomic E-state index is 13.1. The maximum absolute atomic E-state index is 13.1. The lowest BCUT2D eigenvalue weighted by Gasteiger charge is -2.38. The Hall–Kier alpha value is -2.24. The van der Waals surface area contributed by atoms with Gasteiger partial charge >= 0.3 is 6.09 Å². The largest absolute Gasteiger partial charge is 0.445 e. The number of piperidine rings is 1. The number of carbonyl (C=O) groups is 2. The van der Waals surface area contributed by atoms with Gasteiger partial charge in [0, 0.05) is 35.7 Å². The van der Waals surface area contributed by atoms with Gasteiger partial charge in [0.2, 0.25) is 5.91 Å². The van der Waals surface area contributed by atoms with Crippen molar-refractivity contribution in [2.24, 2.45) is 0 Å². The zero-order valence-electron chi connectivity index (χ0n) is 15.5. The average Bonchev–Trinajstić information content (AvgIpc) is 2.90. The Bertz CT molecular complexity index is 925. The molecule has 0 bridgehead atoms. The molecule has 1 spiro atoms. The van der Waals surface area contributed by atoms with Gasteiger partial charge in [-0.05, 0) is 30.5 Å². The van der Waals surface area contributed by atoms with Crippen molar-refractivity contribution in [1.82, 2.24) is 4.90 Å². The summed E-state index contributed by atoms with van der Waals surface area (Å²) < 4.78 is 5.42. The third-order valence-corrected chi connectivity index (χ3v) is 6.18. The number of fused-ring (bicyclic) bond motifs is 2. The summed E-state index contributed by atoms with van der Waals surface area (Å²) in [6.45, 7) is 1.10. The zero-order chi connectivity index (χ0) is 19.9. The molecular weight excluding hydrogens is 399 g/mol. The van der Waals surface area contributed by atoms with E-state index in [4.69, 9.17) is 27.9 Å². The lowest BCUT2D eigenvalue weighted by Crippen LogP contribution is -2.49. The molecule has 2 heterocycles. The minimum absolute atomic E-state index is 0.00368. The first-order valence-corrected chi connectivity index (χ1v) is 9.91. The number of hydrogen-bond donors (Lipinski definition) is 0. The normalized spacial score (nSPS) is 17.8. The number of halogens is 2. The van der Waals surface area contributed by atoms with Crippen LogP contribution in [0.5, 0.6) is 0 Å². The lowest BCUT2D eigenvalue weighted by molar-refractivity contribution is -0.124. The van der Waals surface area contributed by atoms with Gasteiger partial charge in [-0.2, -0.15) is 0 Å². The van der Waals surface area contributed by atoms with Gasteiger partial charge < -0.3 is 14.5 Å². The van der Waals surface area contributed by atoms with Crippen LogP contribution >= 0.6 is 23.2 Å². The average molecular weight is 419 g/mol. The van der Waals surface area contributed by atoms with Crippen LogP contribution in [-0.2, 0) is 21.6 Å². The Morgan fingerprint density at radius 1 is 1.14 bits per heavy atom. The van der Waals surface area contributed by atoms with Crippen LogP contribution in [0.2, 0.25) is 10.0 Å². The summed E-state index contributed by atoms with van der Waals surface area (Å²) in [6.07, 6.45) is 0.649. The second-order valence-electron chi connectivity index (χ2n) is 7.26. The fourth-order valence-corrected chi connectivity index (χ4v) is 4.84. The number of benzene rings is 2. The second-order valence-corrected chi connectivity index (χ2v) is 8.10. The minimum Gasteiger partial charge on any atom is -0.445 e. The number of nitrogens with zero attached hydrogens (tertiary/aromatic N) is 2. The van der Waals surface area contributed by atoms with Crippen molar-refractivity contribution in [3.8, 4) is 0 Å². The molecule has 2 aliphatic rings. The molecule has 0 aliphatic carbocycles. The first-order chi connectivity index (χ1) is 13.4. The van der Waals surface area contributed by atoms with E-state index in [1.54, 1.807) is 29.0 Å². The van der Waals surface area contributed by atoms with Gasteiger partial charge in [0.25, 0.3) is 0 Å². The third-order valence-electron chi connectivity index (χ3n) is 5.67. The molecule has 2 aromatic carbocycles. The van der Waals surface area contributed by atoms with Crippen molar-refractivity contribution in [3.63, 3.8) is 0 Å². The van der Waals surface area contributed by atoms with Crippen LogP contribution in [0.4, 0.5) is 10.5 Å². The van der Waals surface area contributed by atoms with Crippen LogP contribution in [0, 0.1) is 0 Å². The fourth-order valence-electron chi connectivity index (χ4n) is 4.18. The predicted molar refractivity (Wildman–Crippen MR) is 109 cm³/mol. The summed E-state index contributed by atoms with van der Waals surface area (Å²) in [7, 11) is 1.74. The van der Waals surface area contributed by atoms with Gasteiger partial charge in [0.1, 0.15) is 6.61 Å². The molecule has 1 saturated heterocycles. The van der Waals surface area contributed by atoms with Crippen molar-refractivity contribution in [3.05, 3.63) is 63.6 Å². The van der Waals surface area contributed by atoms with Crippen LogP contribution in [-0.4, -0.2) is 37.0 Å². The molecule has 2 aromatic rings. The number of likely N-dealkylation sites (N-methyl/N-ethyl adjacent to an activating group) is 1.